The summed E-state index contributed by atoms with van der Waals surface area (Å²) in [6, 6.07) is 5.86. The number of hydrogen-bond donors (Lipinski definition) is 1. The molecule has 13 heavy (non-hydrogen) atoms. The molecule has 1 N–H and O–H groups in total. The van der Waals surface area contributed by atoms with Crippen LogP contribution >= 0.6 is 0 Å². The highest BCUT2D eigenvalue weighted by molar-refractivity contribution is 5.14. The van der Waals surface area contributed by atoms with Gasteiger partial charge in [0, 0.05) is 37.1 Å². The molecule has 0 aliphatic heterocycles. The Bertz CT molecular complexity index is 340. The number of imidazole rings is 1. The van der Waals surface area contributed by atoms with Gasteiger partial charge in [-0.3, -0.25) is 4.98 Å². The minimum atomic E-state index is 0.796. The van der Waals surface area contributed by atoms with Crippen LogP contribution in [0.2, 0.25) is 0 Å². The number of rotatable bonds is 3. The Labute approximate surface area is 76.9 Å². The van der Waals surface area contributed by atoms with Gasteiger partial charge in [0.1, 0.15) is 5.82 Å². The molecule has 2 aromatic heterocycles. The molecule has 0 amide bonds. The van der Waals surface area contributed by atoms with E-state index in [1.807, 2.05) is 30.8 Å². The number of aromatic nitrogens is 3. The average Bonchev–Trinajstić information content (AvgIpc) is 2.69. The van der Waals surface area contributed by atoms with E-state index in [4.69, 9.17) is 0 Å². The molecule has 2 aromatic rings. The van der Waals surface area contributed by atoms with E-state index in [1.165, 1.54) is 0 Å². The van der Waals surface area contributed by atoms with Gasteiger partial charge in [0.2, 0.25) is 0 Å². The van der Waals surface area contributed by atoms with Crippen LogP contribution in [-0.4, -0.2) is 15.0 Å². The molecule has 0 aliphatic rings. The number of nitrogens with one attached hydrogen (secondary N) is 1. The topological polar surface area (TPSA) is 41.6 Å². The van der Waals surface area contributed by atoms with Gasteiger partial charge in [0.05, 0.1) is 0 Å². The van der Waals surface area contributed by atoms with Crippen LogP contribution < -0.4 is 0 Å². The Morgan fingerprint density at radius 2 is 2.23 bits per heavy atom. The Balaban J connectivity index is 1.94. The SMILES string of the molecule is [CH](Cc1ncc[nH]1)c1ccccn1. The third kappa shape index (κ3) is 2.15. The summed E-state index contributed by atoms with van der Waals surface area (Å²) in [5.74, 6) is 0.964. The van der Waals surface area contributed by atoms with Crippen molar-refractivity contribution in [3.8, 4) is 0 Å². The van der Waals surface area contributed by atoms with Crippen molar-refractivity contribution in [2.75, 3.05) is 0 Å². The smallest absolute Gasteiger partial charge is 0.106 e. The van der Waals surface area contributed by atoms with E-state index in [9.17, 15) is 0 Å². The zero-order valence-corrected chi connectivity index (χ0v) is 7.14. The van der Waals surface area contributed by atoms with Gasteiger partial charge in [-0.1, -0.05) is 6.07 Å². The largest absolute Gasteiger partial charge is 0.349 e. The van der Waals surface area contributed by atoms with Crippen LogP contribution in [0.3, 0.4) is 0 Å². The van der Waals surface area contributed by atoms with Crippen molar-refractivity contribution in [3.63, 3.8) is 0 Å². The molecule has 1 radical (unpaired) electrons. The first-order valence-electron chi connectivity index (χ1n) is 4.17. The number of pyridine rings is 1. The van der Waals surface area contributed by atoms with E-state index >= 15 is 0 Å². The molecule has 0 unspecified atom stereocenters. The van der Waals surface area contributed by atoms with Gasteiger partial charge in [-0.25, -0.2) is 4.98 Å². The van der Waals surface area contributed by atoms with Gasteiger partial charge in [-0.15, -0.1) is 0 Å². The Morgan fingerprint density at radius 1 is 1.23 bits per heavy atom. The van der Waals surface area contributed by atoms with Gasteiger partial charge in [-0.05, 0) is 12.1 Å². The minimum Gasteiger partial charge on any atom is -0.349 e. The lowest BCUT2D eigenvalue weighted by Gasteiger charge is -1.96. The number of H-pyrrole nitrogens is 1. The number of nitrogens with zero attached hydrogens (tertiary/aromatic N) is 2. The molecular formula is C10H10N3. The Morgan fingerprint density at radius 3 is 2.92 bits per heavy atom. The summed E-state index contributed by atoms with van der Waals surface area (Å²) < 4.78 is 0. The van der Waals surface area contributed by atoms with E-state index < -0.39 is 0 Å². The molecule has 3 nitrogen and oxygen atoms in total. The van der Waals surface area contributed by atoms with Gasteiger partial charge in [0.15, 0.2) is 0 Å². The van der Waals surface area contributed by atoms with E-state index in [2.05, 4.69) is 15.0 Å². The molecule has 65 valence electrons. The first-order chi connectivity index (χ1) is 6.45. The summed E-state index contributed by atoms with van der Waals surface area (Å²) in [5.41, 5.74) is 0.985. The first kappa shape index (κ1) is 7.98. The second-order valence-corrected chi connectivity index (χ2v) is 2.70. The van der Waals surface area contributed by atoms with Crippen LogP contribution in [0.4, 0.5) is 0 Å². The quantitative estimate of drug-likeness (QED) is 0.764. The Hall–Kier alpha value is -1.64. The standard InChI is InChI=1S/C10H10N3/c1-2-6-11-9(3-1)4-5-10-12-7-8-13-10/h1-4,6-8H,5H2,(H,12,13). The van der Waals surface area contributed by atoms with E-state index in [0.717, 1.165) is 17.9 Å². The summed E-state index contributed by atoms with van der Waals surface area (Å²) >= 11 is 0. The lowest BCUT2D eigenvalue weighted by Crippen LogP contribution is -1.92. The van der Waals surface area contributed by atoms with E-state index in [-0.39, 0.29) is 0 Å². The summed E-state index contributed by atoms with van der Waals surface area (Å²) in [5, 5.41) is 0. The number of aromatic amines is 1. The van der Waals surface area contributed by atoms with Crippen molar-refractivity contribution < 1.29 is 0 Å². The summed E-state index contributed by atoms with van der Waals surface area (Å²) in [6.45, 7) is 0. The molecule has 0 saturated carbocycles. The third-order valence-electron chi connectivity index (χ3n) is 1.75. The zero-order chi connectivity index (χ0) is 8.93. The van der Waals surface area contributed by atoms with Gasteiger partial charge in [-0.2, -0.15) is 0 Å². The predicted octanol–water partition coefficient (Wildman–Crippen LogP) is 1.60. The molecule has 2 heterocycles. The van der Waals surface area contributed by atoms with Crippen LogP contribution in [0.1, 0.15) is 11.5 Å². The molecule has 0 bridgehead atoms. The highest BCUT2D eigenvalue weighted by Crippen LogP contribution is 2.01. The van der Waals surface area contributed by atoms with Crippen LogP contribution in [-0.2, 0) is 6.42 Å². The maximum atomic E-state index is 4.18. The van der Waals surface area contributed by atoms with Crippen molar-refractivity contribution in [1.29, 1.82) is 0 Å². The number of hydrogen-bond acceptors (Lipinski definition) is 2. The molecule has 0 aliphatic carbocycles. The van der Waals surface area contributed by atoms with Crippen LogP contribution in [0.25, 0.3) is 0 Å². The highest BCUT2D eigenvalue weighted by Gasteiger charge is 1.97. The molecule has 0 fully saturated rings. The maximum Gasteiger partial charge on any atom is 0.106 e. The molecule has 0 atom stereocenters. The zero-order valence-electron chi connectivity index (χ0n) is 7.14. The summed E-state index contributed by atoms with van der Waals surface area (Å²) in [6.07, 6.45) is 8.19. The van der Waals surface area contributed by atoms with Crippen molar-refractivity contribution in [2.45, 2.75) is 6.42 Å². The van der Waals surface area contributed by atoms with Crippen LogP contribution in [0.5, 0.6) is 0 Å². The van der Waals surface area contributed by atoms with Crippen molar-refractivity contribution in [2.24, 2.45) is 0 Å². The maximum absolute atomic E-state index is 4.18. The van der Waals surface area contributed by atoms with E-state index in [1.54, 1.807) is 12.4 Å². The first-order valence-corrected chi connectivity index (χ1v) is 4.17. The van der Waals surface area contributed by atoms with Crippen molar-refractivity contribution in [1.82, 2.24) is 15.0 Å². The third-order valence-corrected chi connectivity index (χ3v) is 1.75. The lowest BCUT2D eigenvalue weighted by atomic mass is 10.2. The summed E-state index contributed by atoms with van der Waals surface area (Å²) in [4.78, 5) is 11.3. The van der Waals surface area contributed by atoms with Crippen LogP contribution in [0.15, 0.2) is 36.8 Å². The van der Waals surface area contributed by atoms with Crippen molar-refractivity contribution >= 4 is 0 Å². The normalized spacial score (nSPS) is 10.2. The van der Waals surface area contributed by atoms with Gasteiger partial charge < -0.3 is 4.98 Å². The summed E-state index contributed by atoms with van der Waals surface area (Å²) in [7, 11) is 0. The predicted molar refractivity (Wildman–Crippen MR) is 49.9 cm³/mol. The second-order valence-electron chi connectivity index (χ2n) is 2.70. The molecule has 0 aromatic carbocycles. The minimum absolute atomic E-state index is 0.796. The average molecular weight is 172 g/mol. The van der Waals surface area contributed by atoms with Gasteiger partial charge >= 0.3 is 0 Å². The molecule has 0 spiro atoms. The molecule has 0 saturated heterocycles. The molecule has 3 heteroatoms. The Kier molecular flexibility index (Phi) is 2.36. The second kappa shape index (κ2) is 3.85. The fourth-order valence-corrected chi connectivity index (χ4v) is 1.11. The lowest BCUT2D eigenvalue weighted by molar-refractivity contribution is 0.993. The van der Waals surface area contributed by atoms with Crippen LogP contribution in [0, 0.1) is 6.42 Å². The fraction of sp³-hybridized carbons (Fsp3) is 0.100. The molecule has 2 rings (SSSR count). The molecular weight excluding hydrogens is 162 g/mol. The van der Waals surface area contributed by atoms with Gasteiger partial charge in [0.25, 0.3) is 0 Å². The van der Waals surface area contributed by atoms with E-state index in [0.29, 0.717) is 0 Å². The fourth-order valence-electron chi connectivity index (χ4n) is 1.11. The van der Waals surface area contributed by atoms with Crippen molar-refractivity contribution in [3.05, 3.63) is 54.7 Å². The monoisotopic (exact) mass is 172 g/mol. The highest BCUT2D eigenvalue weighted by atomic mass is 14.9.